The lowest BCUT2D eigenvalue weighted by atomic mass is 10.2. The molecule has 2 rings (SSSR count). The van der Waals surface area contributed by atoms with Gasteiger partial charge < -0.3 is 0 Å². The standard InChI is InChI=1S/C18H20O6S2/c1-15-5-9-17(10-6-15)25(19,20)23-13-3-4-14-24-26(21,22)18-11-7-16(2)8-12-18/h3-12H,13-14H2,1-2H3/b4-3-. The molecular formula is C18H20O6S2. The van der Waals surface area contributed by atoms with Gasteiger partial charge in [0.05, 0.1) is 23.0 Å². The first-order valence-electron chi connectivity index (χ1n) is 7.78. The van der Waals surface area contributed by atoms with Gasteiger partial charge in [0.25, 0.3) is 20.2 Å². The highest BCUT2D eigenvalue weighted by Crippen LogP contribution is 2.14. The number of hydrogen-bond donors (Lipinski definition) is 0. The van der Waals surface area contributed by atoms with Crippen molar-refractivity contribution >= 4 is 20.2 Å². The molecule has 140 valence electrons. The maximum atomic E-state index is 12.0. The molecule has 0 atom stereocenters. The Balaban J connectivity index is 1.84. The van der Waals surface area contributed by atoms with E-state index < -0.39 is 20.2 Å². The molecule has 0 N–H and O–H groups in total. The van der Waals surface area contributed by atoms with Crippen molar-refractivity contribution in [3.05, 3.63) is 71.8 Å². The number of benzene rings is 2. The summed E-state index contributed by atoms with van der Waals surface area (Å²) in [4.78, 5) is 0.129. The molecule has 0 aliphatic carbocycles. The van der Waals surface area contributed by atoms with Crippen LogP contribution in [0.1, 0.15) is 11.1 Å². The van der Waals surface area contributed by atoms with Crippen LogP contribution in [0.2, 0.25) is 0 Å². The van der Waals surface area contributed by atoms with Crippen LogP contribution in [0.15, 0.2) is 70.5 Å². The summed E-state index contributed by atoms with van der Waals surface area (Å²) in [5, 5.41) is 0. The van der Waals surface area contributed by atoms with E-state index in [4.69, 9.17) is 8.37 Å². The van der Waals surface area contributed by atoms with Crippen LogP contribution in [-0.4, -0.2) is 30.0 Å². The summed E-state index contributed by atoms with van der Waals surface area (Å²) in [5.74, 6) is 0. The molecule has 0 fully saturated rings. The average Bonchev–Trinajstić information content (AvgIpc) is 2.58. The molecule has 0 radical (unpaired) electrons. The molecule has 2 aromatic rings. The molecule has 0 aromatic heterocycles. The fourth-order valence-corrected chi connectivity index (χ4v) is 3.67. The van der Waals surface area contributed by atoms with Crippen LogP contribution in [0.4, 0.5) is 0 Å². The average molecular weight is 396 g/mol. The van der Waals surface area contributed by atoms with Gasteiger partial charge in [-0.3, -0.25) is 8.37 Å². The largest absolute Gasteiger partial charge is 0.297 e. The van der Waals surface area contributed by atoms with Crippen molar-refractivity contribution in [2.75, 3.05) is 13.2 Å². The molecule has 26 heavy (non-hydrogen) atoms. The van der Waals surface area contributed by atoms with Gasteiger partial charge in [0.2, 0.25) is 0 Å². The van der Waals surface area contributed by atoms with Gasteiger partial charge in [0, 0.05) is 0 Å². The van der Waals surface area contributed by atoms with Crippen molar-refractivity contribution in [2.24, 2.45) is 0 Å². The Kier molecular flexibility index (Phi) is 6.71. The summed E-state index contributed by atoms with van der Waals surface area (Å²) >= 11 is 0. The lowest BCUT2D eigenvalue weighted by molar-refractivity contribution is 0.345. The highest BCUT2D eigenvalue weighted by Gasteiger charge is 2.15. The summed E-state index contributed by atoms with van der Waals surface area (Å²) in [5.41, 5.74) is 1.88. The van der Waals surface area contributed by atoms with Gasteiger partial charge in [-0.2, -0.15) is 16.8 Å². The second-order valence-electron chi connectivity index (χ2n) is 5.57. The Bertz CT molecular complexity index is 876. The molecule has 0 saturated heterocycles. The molecule has 0 aliphatic heterocycles. The zero-order valence-electron chi connectivity index (χ0n) is 14.5. The van der Waals surface area contributed by atoms with Crippen LogP contribution in [0.3, 0.4) is 0 Å². The lowest BCUT2D eigenvalue weighted by Crippen LogP contribution is -2.08. The van der Waals surface area contributed by atoms with Crippen LogP contribution in [-0.2, 0) is 28.6 Å². The van der Waals surface area contributed by atoms with Crippen molar-refractivity contribution in [3.63, 3.8) is 0 Å². The van der Waals surface area contributed by atoms with E-state index in [1.54, 1.807) is 24.3 Å². The van der Waals surface area contributed by atoms with Gasteiger partial charge in [0.1, 0.15) is 0 Å². The highest BCUT2D eigenvalue weighted by molar-refractivity contribution is 7.87. The number of hydrogen-bond acceptors (Lipinski definition) is 6. The molecule has 0 unspecified atom stereocenters. The van der Waals surface area contributed by atoms with Crippen molar-refractivity contribution in [2.45, 2.75) is 23.6 Å². The summed E-state index contributed by atoms with van der Waals surface area (Å²) in [6, 6.07) is 12.6. The Morgan fingerprint density at radius 2 is 0.962 bits per heavy atom. The van der Waals surface area contributed by atoms with Crippen molar-refractivity contribution < 1.29 is 25.2 Å². The van der Waals surface area contributed by atoms with Crippen LogP contribution in [0, 0.1) is 13.8 Å². The van der Waals surface area contributed by atoms with Gasteiger partial charge in [-0.15, -0.1) is 0 Å². The first-order chi connectivity index (χ1) is 12.2. The second-order valence-corrected chi connectivity index (χ2v) is 8.81. The minimum Gasteiger partial charge on any atom is -0.262 e. The Hall–Kier alpha value is -2.00. The topological polar surface area (TPSA) is 86.7 Å². The van der Waals surface area contributed by atoms with E-state index in [1.165, 1.54) is 36.4 Å². The Morgan fingerprint density at radius 1 is 0.654 bits per heavy atom. The second kappa shape index (κ2) is 8.59. The van der Waals surface area contributed by atoms with Crippen LogP contribution < -0.4 is 0 Å². The zero-order valence-corrected chi connectivity index (χ0v) is 16.1. The fourth-order valence-electron chi connectivity index (χ4n) is 1.94. The normalized spacial score (nSPS) is 12.5. The fraction of sp³-hybridized carbons (Fsp3) is 0.222. The quantitative estimate of drug-likeness (QED) is 0.504. The van der Waals surface area contributed by atoms with E-state index in [-0.39, 0.29) is 23.0 Å². The van der Waals surface area contributed by atoms with E-state index in [0.717, 1.165) is 11.1 Å². The minimum atomic E-state index is -3.85. The third kappa shape index (κ3) is 5.77. The molecule has 6 nitrogen and oxygen atoms in total. The molecule has 0 heterocycles. The van der Waals surface area contributed by atoms with E-state index in [1.807, 2.05) is 13.8 Å². The summed E-state index contributed by atoms with van der Waals surface area (Å²) in [7, 11) is -7.70. The van der Waals surface area contributed by atoms with Crippen molar-refractivity contribution in [1.82, 2.24) is 0 Å². The molecule has 0 spiro atoms. The van der Waals surface area contributed by atoms with Gasteiger partial charge in [-0.1, -0.05) is 47.5 Å². The Labute approximate surface area is 154 Å². The summed E-state index contributed by atoms with van der Waals surface area (Å²) < 4.78 is 57.6. The van der Waals surface area contributed by atoms with Crippen LogP contribution in [0.5, 0.6) is 0 Å². The lowest BCUT2D eigenvalue weighted by Gasteiger charge is -2.04. The van der Waals surface area contributed by atoms with E-state index >= 15 is 0 Å². The first-order valence-corrected chi connectivity index (χ1v) is 10.6. The predicted molar refractivity (Wildman–Crippen MR) is 97.8 cm³/mol. The SMILES string of the molecule is Cc1ccc(S(=O)(=O)OC/C=C\COS(=O)(=O)c2ccc(C)cc2)cc1. The minimum absolute atomic E-state index is 0.0645. The maximum Gasteiger partial charge on any atom is 0.297 e. The third-order valence-electron chi connectivity index (χ3n) is 3.42. The molecule has 0 saturated carbocycles. The summed E-state index contributed by atoms with van der Waals surface area (Å²) in [6.07, 6.45) is 2.77. The van der Waals surface area contributed by atoms with E-state index in [0.29, 0.717) is 0 Å². The monoisotopic (exact) mass is 396 g/mol. The molecule has 0 amide bonds. The molecule has 0 aliphatic rings. The van der Waals surface area contributed by atoms with E-state index in [9.17, 15) is 16.8 Å². The number of aryl methyl sites for hydroxylation is 2. The van der Waals surface area contributed by atoms with Gasteiger partial charge in [-0.05, 0) is 38.1 Å². The van der Waals surface area contributed by atoms with Crippen LogP contribution >= 0.6 is 0 Å². The smallest absolute Gasteiger partial charge is 0.262 e. The van der Waals surface area contributed by atoms with Crippen molar-refractivity contribution in [3.8, 4) is 0 Å². The van der Waals surface area contributed by atoms with Crippen molar-refractivity contribution in [1.29, 1.82) is 0 Å². The molecule has 8 heteroatoms. The highest BCUT2D eigenvalue weighted by atomic mass is 32.2. The molecule has 0 bridgehead atoms. The Morgan fingerprint density at radius 3 is 1.27 bits per heavy atom. The third-order valence-corrected chi connectivity index (χ3v) is 6.02. The first kappa shape index (κ1) is 20.3. The molecule has 2 aromatic carbocycles. The zero-order chi connectivity index (χ0) is 19.2. The maximum absolute atomic E-state index is 12.0. The van der Waals surface area contributed by atoms with Gasteiger partial charge in [0.15, 0.2) is 0 Å². The molecular weight excluding hydrogens is 376 g/mol. The predicted octanol–water partition coefficient (Wildman–Crippen LogP) is 2.97. The van der Waals surface area contributed by atoms with Crippen LogP contribution in [0.25, 0.3) is 0 Å². The summed E-state index contributed by atoms with van der Waals surface area (Å²) in [6.45, 7) is 3.27. The van der Waals surface area contributed by atoms with Gasteiger partial charge >= 0.3 is 0 Å². The number of rotatable bonds is 8. The van der Waals surface area contributed by atoms with Gasteiger partial charge in [-0.25, -0.2) is 0 Å². The van der Waals surface area contributed by atoms with E-state index in [2.05, 4.69) is 0 Å².